The molecule has 0 unspecified atom stereocenters. The minimum atomic E-state index is -0.344. The van der Waals surface area contributed by atoms with E-state index in [1.54, 1.807) is 17.7 Å². The predicted molar refractivity (Wildman–Crippen MR) is 80.1 cm³/mol. The SMILES string of the molecule is Cn1c(CCC(N)=O)nnc1Sc1ncnc2sccc12. The quantitative estimate of drug-likeness (QED) is 0.713. The summed E-state index contributed by atoms with van der Waals surface area (Å²) in [5.74, 6) is 0.384. The van der Waals surface area contributed by atoms with Gasteiger partial charge in [-0.25, -0.2) is 9.97 Å². The van der Waals surface area contributed by atoms with Crippen LogP contribution in [0, 0.1) is 0 Å². The maximum absolute atomic E-state index is 10.8. The molecule has 1 amide bonds. The standard InChI is InChI=1S/C12H12N6OS2/c1-18-9(3-2-8(13)19)16-17-12(18)21-11-7-4-5-20-10(7)14-6-15-11/h4-6H,2-3H2,1H3,(H2,13,19). The number of thiophene rings is 1. The number of nitrogens with two attached hydrogens (primary N) is 1. The molecule has 0 fully saturated rings. The molecule has 0 radical (unpaired) electrons. The summed E-state index contributed by atoms with van der Waals surface area (Å²) in [6.45, 7) is 0. The van der Waals surface area contributed by atoms with Crippen LogP contribution in [0.15, 0.2) is 28.0 Å². The third-order valence-electron chi connectivity index (χ3n) is 2.93. The van der Waals surface area contributed by atoms with Crippen molar-refractivity contribution < 1.29 is 4.79 Å². The highest BCUT2D eigenvalue weighted by molar-refractivity contribution is 7.99. The molecule has 0 atom stereocenters. The molecule has 21 heavy (non-hydrogen) atoms. The Morgan fingerprint density at radius 3 is 3.10 bits per heavy atom. The van der Waals surface area contributed by atoms with Crippen LogP contribution < -0.4 is 5.73 Å². The van der Waals surface area contributed by atoms with Gasteiger partial charge in [0, 0.05) is 25.3 Å². The zero-order valence-corrected chi connectivity index (χ0v) is 12.8. The largest absolute Gasteiger partial charge is 0.370 e. The van der Waals surface area contributed by atoms with Crippen molar-refractivity contribution in [2.75, 3.05) is 0 Å². The van der Waals surface area contributed by atoms with Gasteiger partial charge in [0.1, 0.15) is 22.0 Å². The number of rotatable bonds is 5. The maximum Gasteiger partial charge on any atom is 0.217 e. The van der Waals surface area contributed by atoms with E-state index < -0.39 is 0 Å². The topological polar surface area (TPSA) is 99.6 Å². The molecule has 3 aromatic rings. The number of hydrogen-bond acceptors (Lipinski definition) is 7. The summed E-state index contributed by atoms with van der Waals surface area (Å²) in [6.07, 6.45) is 2.29. The fraction of sp³-hybridized carbons (Fsp3) is 0.250. The predicted octanol–water partition coefficient (Wildman–Crippen LogP) is 1.39. The van der Waals surface area contributed by atoms with Crippen LogP contribution in [0.1, 0.15) is 12.2 Å². The summed E-state index contributed by atoms with van der Waals surface area (Å²) in [4.78, 5) is 20.3. The molecule has 7 nitrogen and oxygen atoms in total. The number of fused-ring (bicyclic) bond motifs is 1. The number of primary amides is 1. The molecule has 0 spiro atoms. The van der Waals surface area contributed by atoms with E-state index in [2.05, 4.69) is 20.2 Å². The summed E-state index contributed by atoms with van der Waals surface area (Å²) in [5, 5.41) is 12.8. The van der Waals surface area contributed by atoms with Crippen molar-refractivity contribution in [1.29, 1.82) is 0 Å². The minimum Gasteiger partial charge on any atom is -0.370 e. The molecule has 0 aliphatic heterocycles. The fourth-order valence-corrected chi connectivity index (χ4v) is 3.49. The molecule has 108 valence electrons. The second-order valence-corrected chi connectivity index (χ2v) is 6.19. The highest BCUT2D eigenvalue weighted by atomic mass is 32.2. The summed E-state index contributed by atoms with van der Waals surface area (Å²) >= 11 is 3.01. The Morgan fingerprint density at radius 1 is 1.43 bits per heavy atom. The Hall–Kier alpha value is -2.00. The zero-order valence-electron chi connectivity index (χ0n) is 11.2. The van der Waals surface area contributed by atoms with Crippen LogP contribution in [0.2, 0.25) is 0 Å². The Labute approximate surface area is 128 Å². The van der Waals surface area contributed by atoms with E-state index in [-0.39, 0.29) is 12.3 Å². The summed E-state index contributed by atoms with van der Waals surface area (Å²) in [5.41, 5.74) is 5.15. The van der Waals surface area contributed by atoms with E-state index in [0.717, 1.165) is 26.2 Å². The summed E-state index contributed by atoms with van der Waals surface area (Å²) < 4.78 is 1.86. The number of hydrogen-bond donors (Lipinski definition) is 1. The lowest BCUT2D eigenvalue weighted by atomic mass is 10.3. The lowest BCUT2D eigenvalue weighted by Crippen LogP contribution is -2.12. The molecule has 9 heteroatoms. The number of carbonyl (C=O) groups excluding carboxylic acids is 1. The molecule has 2 N–H and O–H groups in total. The molecule has 3 heterocycles. The van der Waals surface area contributed by atoms with Crippen molar-refractivity contribution in [3.63, 3.8) is 0 Å². The summed E-state index contributed by atoms with van der Waals surface area (Å²) in [7, 11) is 1.87. The highest BCUT2D eigenvalue weighted by Gasteiger charge is 2.14. The van der Waals surface area contributed by atoms with Crippen molar-refractivity contribution in [2.45, 2.75) is 23.0 Å². The first-order valence-corrected chi connectivity index (χ1v) is 7.87. The van der Waals surface area contributed by atoms with Crippen LogP contribution in [0.25, 0.3) is 10.2 Å². The van der Waals surface area contributed by atoms with Crippen LogP contribution >= 0.6 is 23.1 Å². The van der Waals surface area contributed by atoms with E-state index >= 15 is 0 Å². The average Bonchev–Trinajstić information content (AvgIpc) is 3.05. The number of aryl methyl sites for hydroxylation is 1. The second kappa shape index (κ2) is 5.78. The maximum atomic E-state index is 10.8. The number of carbonyl (C=O) groups is 1. The molecular formula is C12H12N6OS2. The van der Waals surface area contributed by atoms with Crippen molar-refractivity contribution >= 4 is 39.2 Å². The van der Waals surface area contributed by atoms with Gasteiger partial charge in [-0.3, -0.25) is 4.79 Å². The molecule has 0 saturated heterocycles. The van der Waals surface area contributed by atoms with Gasteiger partial charge in [-0.15, -0.1) is 21.5 Å². The van der Waals surface area contributed by atoms with Gasteiger partial charge in [0.15, 0.2) is 5.16 Å². The molecule has 3 rings (SSSR count). The van der Waals surface area contributed by atoms with E-state index in [9.17, 15) is 4.79 Å². The Morgan fingerprint density at radius 2 is 2.29 bits per heavy atom. The van der Waals surface area contributed by atoms with Gasteiger partial charge >= 0.3 is 0 Å². The van der Waals surface area contributed by atoms with Gasteiger partial charge in [0.2, 0.25) is 5.91 Å². The Kier molecular flexibility index (Phi) is 3.84. The van der Waals surface area contributed by atoms with Gasteiger partial charge in [-0.05, 0) is 23.2 Å². The third-order valence-corrected chi connectivity index (χ3v) is 4.81. The smallest absolute Gasteiger partial charge is 0.217 e. The van der Waals surface area contributed by atoms with Crippen molar-refractivity contribution in [3.8, 4) is 0 Å². The van der Waals surface area contributed by atoms with E-state index in [4.69, 9.17) is 5.73 Å². The normalized spacial score (nSPS) is 11.1. The van der Waals surface area contributed by atoms with Gasteiger partial charge in [0.25, 0.3) is 0 Å². The first-order chi connectivity index (χ1) is 10.1. The van der Waals surface area contributed by atoms with Gasteiger partial charge in [0.05, 0.1) is 0 Å². The van der Waals surface area contributed by atoms with Gasteiger partial charge < -0.3 is 10.3 Å². The number of aromatic nitrogens is 5. The van der Waals surface area contributed by atoms with Gasteiger partial charge in [-0.2, -0.15) is 0 Å². The Balaban J connectivity index is 1.85. The van der Waals surface area contributed by atoms with Crippen LogP contribution in [0.3, 0.4) is 0 Å². The molecular weight excluding hydrogens is 308 g/mol. The number of nitrogens with zero attached hydrogens (tertiary/aromatic N) is 5. The highest BCUT2D eigenvalue weighted by Crippen LogP contribution is 2.31. The Bertz CT molecular complexity index is 796. The monoisotopic (exact) mass is 320 g/mol. The molecule has 0 aromatic carbocycles. The van der Waals surface area contributed by atoms with Crippen LogP contribution in [0.4, 0.5) is 0 Å². The van der Waals surface area contributed by atoms with Crippen molar-refractivity contribution in [2.24, 2.45) is 12.8 Å². The zero-order chi connectivity index (χ0) is 14.8. The molecule has 3 aromatic heterocycles. The fourth-order valence-electron chi connectivity index (χ4n) is 1.82. The molecule has 0 bridgehead atoms. The third kappa shape index (κ3) is 2.88. The first kappa shape index (κ1) is 14.0. The lowest BCUT2D eigenvalue weighted by molar-refractivity contribution is -0.118. The van der Waals surface area contributed by atoms with Crippen molar-refractivity contribution in [1.82, 2.24) is 24.7 Å². The van der Waals surface area contributed by atoms with Crippen LogP contribution in [-0.4, -0.2) is 30.6 Å². The van der Waals surface area contributed by atoms with E-state index in [1.807, 2.05) is 23.1 Å². The van der Waals surface area contributed by atoms with E-state index in [0.29, 0.717) is 6.42 Å². The summed E-state index contributed by atoms with van der Waals surface area (Å²) in [6, 6.07) is 1.99. The second-order valence-electron chi connectivity index (χ2n) is 4.34. The van der Waals surface area contributed by atoms with Crippen LogP contribution in [-0.2, 0) is 18.3 Å². The molecule has 0 aliphatic carbocycles. The molecule has 0 saturated carbocycles. The lowest BCUT2D eigenvalue weighted by Gasteiger charge is -2.03. The number of amides is 1. The van der Waals surface area contributed by atoms with Crippen LogP contribution in [0.5, 0.6) is 0 Å². The van der Waals surface area contributed by atoms with Gasteiger partial charge in [-0.1, -0.05) is 0 Å². The first-order valence-electron chi connectivity index (χ1n) is 6.18. The van der Waals surface area contributed by atoms with E-state index in [1.165, 1.54) is 11.8 Å². The van der Waals surface area contributed by atoms with Crippen molar-refractivity contribution in [3.05, 3.63) is 23.6 Å². The average molecular weight is 320 g/mol. The molecule has 0 aliphatic rings. The minimum absolute atomic E-state index is 0.263.